The molecule has 2 aromatic rings. The molecule has 25 heavy (non-hydrogen) atoms. The Kier molecular flexibility index (Phi) is 4.27. The lowest BCUT2D eigenvalue weighted by atomic mass is 9.99. The number of amides is 1. The average molecular weight is 363 g/mol. The van der Waals surface area contributed by atoms with E-state index in [2.05, 4.69) is 4.98 Å². The number of benzene rings is 1. The lowest BCUT2D eigenvalue weighted by Crippen LogP contribution is -2.57. The lowest BCUT2D eigenvalue weighted by Gasteiger charge is -2.42. The summed E-state index contributed by atoms with van der Waals surface area (Å²) in [5.74, 6) is 0.178. The topological polar surface area (TPSA) is 64.8 Å². The molecule has 1 spiro atoms. The van der Waals surface area contributed by atoms with Gasteiger partial charge >= 0.3 is 0 Å². The molecule has 2 aliphatic rings. The highest BCUT2D eigenvalue weighted by Gasteiger charge is 2.44. The number of morpholine rings is 1. The Morgan fingerprint density at radius 2 is 2.24 bits per heavy atom. The Labute approximate surface area is 150 Å². The third kappa shape index (κ3) is 3.17. The largest absolute Gasteiger partial charge is 0.444 e. The van der Waals surface area contributed by atoms with Gasteiger partial charge in [-0.3, -0.25) is 4.79 Å². The Balaban J connectivity index is 1.56. The van der Waals surface area contributed by atoms with Crippen molar-refractivity contribution >= 4 is 17.5 Å². The molecule has 0 saturated carbocycles. The summed E-state index contributed by atoms with van der Waals surface area (Å²) < 4.78 is 17.0. The predicted octanol–water partition coefficient (Wildman–Crippen LogP) is 3.02. The van der Waals surface area contributed by atoms with Gasteiger partial charge in [0.2, 0.25) is 5.89 Å². The maximum absolute atomic E-state index is 12.9. The van der Waals surface area contributed by atoms with Crippen LogP contribution in [0.5, 0.6) is 0 Å². The molecule has 2 saturated heterocycles. The molecular weight excluding hydrogens is 344 g/mol. The fourth-order valence-corrected chi connectivity index (χ4v) is 3.69. The smallest absolute Gasteiger partial charge is 0.276 e. The van der Waals surface area contributed by atoms with Gasteiger partial charge in [0.25, 0.3) is 5.91 Å². The molecule has 0 N–H and O–H groups in total. The summed E-state index contributed by atoms with van der Waals surface area (Å²) in [4.78, 5) is 19.0. The first-order chi connectivity index (χ1) is 12.1. The van der Waals surface area contributed by atoms with Crippen LogP contribution in [0, 0.1) is 0 Å². The maximum Gasteiger partial charge on any atom is 0.276 e. The first-order valence-electron chi connectivity index (χ1n) is 8.32. The van der Waals surface area contributed by atoms with E-state index in [0.29, 0.717) is 42.8 Å². The second kappa shape index (κ2) is 6.44. The fourth-order valence-electron chi connectivity index (χ4n) is 3.48. The van der Waals surface area contributed by atoms with Crippen LogP contribution in [-0.4, -0.2) is 53.8 Å². The lowest BCUT2D eigenvalue weighted by molar-refractivity contribution is -0.138. The number of ether oxygens (including phenoxy) is 2. The van der Waals surface area contributed by atoms with E-state index < -0.39 is 5.60 Å². The van der Waals surface area contributed by atoms with Crippen LogP contribution in [0.15, 0.2) is 34.9 Å². The van der Waals surface area contributed by atoms with Crippen molar-refractivity contribution in [3.05, 3.63) is 41.2 Å². The average Bonchev–Trinajstić information content (AvgIpc) is 3.24. The number of rotatable bonds is 2. The van der Waals surface area contributed by atoms with E-state index in [4.69, 9.17) is 25.5 Å². The molecule has 2 unspecified atom stereocenters. The number of halogens is 1. The Bertz CT molecular complexity index is 785. The Morgan fingerprint density at radius 3 is 3.00 bits per heavy atom. The van der Waals surface area contributed by atoms with Crippen LogP contribution in [-0.2, 0) is 9.47 Å². The summed E-state index contributed by atoms with van der Waals surface area (Å²) >= 11 is 6.17. The van der Waals surface area contributed by atoms with Gasteiger partial charge in [-0.05, 0) is 19.1 Å². The van der Waals surface area contributed by atoms with Crippen LogP contribution < -0.4 is 0 Å². The van der Waals surface area contributed by atoms with Crippen molar-refractivity contribution < 1.29 is 18.7 Å². The van der Waals surface area contributed by atoms with Crippen LogP contribution >= 0.6 is 11.6 Å². The molecule has 0 bridgehead atoms. The standard InChI is InChI=1S/C18H19ClN2O4/c1-12-8-21(10-18(25-12)6-7-23-11-18)17(22)15-9-24-16(20-15)13-4-2-3-5-14(13)19/h2-5,9,12H,6-8,10-11H2,1H3. The minimum absolute atomic E-state index is 0.0469. The van der Waals surface area contributed by atoms with Crippen LogP contribution in [0.2, 0.25) is 5.02 Å². The van der Waals surface area contributed by atoms with Crippen molar-refractivity contribution in [1.29, 1.82) is 0 Å². The number of carbonyl (C=O) groups excluding carboxylic acids is 1. The van der Waals surface area contributed by atoms with E-state index in [-0.39, 0.29) is 17.7 Å². The second-order valence-electron chi connectivity index (χ2n) is 6.62. The molecule has 1 aromatic heterocycles. The molecule has 2 fully saturated rings. The van der Waals surface area contributed by atoms with Gasteiger partial charge in [0.15, 0.2) is 5.69 Å². The van der Waals surface area contributed by atoms with Crippen LogP contribution in [0.3, 0.4) is 0 Å². The van der Waals surface area contributed by atoms with E-state index in [0.717, 1.165) is 6.42 Å². The van der Waals surface area contributed by atoms with Gasteiger partial charge in [-0.2, -0.15) is 0 Å². The summed E-state index contributed by atoms with van der Waals surface area (Å²) in [6.07, 6.45) is 2.14. The van der Waals surface area contributed by atoms with Crippen LogP contribution in [0.1, 0.15) is 23.8 Å². The van der Waals surface area contributed by atoms with E-state index in [1.54, 1.807) is 11.0 Å². The molecular formula is C18H19ClN2O4. The number of nitrogens with zero attached hydrogens (tertiary/aromatic N) is 2. The summed E-state index contributed by atoms with van der Waals surface area (Å²) in [5, 5.41) is 0.533. The number of aromatic nitrogens is 1. The maximum atomic E-state index is 12.9. The molecule has 0 aliphatic carbocycles. The zero-order valence-corrected chi connectivity index (χ0v) is 14.7. The molecule has 132 valence electrons. The molecule has 2 aliphatic heterocycles. The minimum Gasteiger partial charge on any atom is -0.444 e. The fraction of sp³-hybridized carbons (Fsp3) is 0.444. The van der Waals surface area contributed by atoms with Gasteiger partial charge in [-0.25, -0.2) is 4.98 Å². The van der Waals surface area contributed by atoms with Gasteiger partial charge < -0.3 is 18.8 Å². The molecule has 1 amide bonds. The highest BCUT2D eigenvalue weighted by Crippen LogP contribution is 2.31. The number of oxazole rings is 1. The summed E-state index contributed by atoms with van der Waals surface area (Å²) in [6, 6.07) is 7.25. The number of hydrogen-bond donors (Lipinski definition) is 0. The first kappa shape index (κ1) is 16.6. The first-order valence-corrected chi connectivity index (χ1v) is 8.69. The van der Waals surface area contributed by atoms with E-state index in [1.165, 1.54) is 6.26 Å². The normalized spacial score (nSPS) is 26.3. The van der Waals surface area contributed by atoms with Gasteiger partial charge in [-0.15, -0.1) is 0 Å². The third-order valence-electron chi connectivity index (χ3n) is 4.59. The molecule has 7 heteroatoms. The Hall–Kier alpha value is -1.89. The number of carbonyl (C=O) groups is 1. The zero-order chi connectivity index (χ0) is 17.4. The highest BCUT2D eigenvalue weighted by atomic mass is 35.5. The van der Waals surface area contributed by atoms with Crippen molar-refractivity contribution in [2.45, 2.75) is 25.0 Å². The summed E-state index contributed by atoms with van der Waals surface area (Å²) in [5.41, 5.74) is 0.542. The van der Waals surface area contributed by atoms with Crippen LogP contribution in [0.25, 0.3) is 11.5 Å². The van der Waals surface area contributed by atoms with E-state index in [9.17, 15) is 4.79 Å². The molecule has 0 radical (unpaired) electrons. The molecule has 6 nitrogen and oxygen atoms in total. The quantitative estimate of drug-likeness (QED) is 0.821. The van der Waals surface area contributed by atoms with Gasteiger partial charge in [0.05, 0.1) is 29.8 Å². The predicted molar refractivity (Wildman–Crippen MR) is 91.6 cm³/mol. The molecule has 3 heterocycles. The molecule has 1 aromatic carbocycles. The van der Waals surface area contributed by atoms with E-state index in [1.807, 2.05) is 25.1 Å². The van der Waals surface area contributed by atoms with Gasteiger partial charge in [0.1, 0.15) is 11.9 Å². The summed E-state index contributed by atoms with van der Waals surface area (Å²) in [7, 11) is 0. The number of hydrogen-bond acceptors (Lipinski definition) is 5. The second-order valence-corrected chi connectivity index (χ2v) is 7.02. The van der Waals surface area contributed by atoms with Crippen LogP contribution in [0.4, 0.5) is 0 Å². The van der Waals surface area contributed by atoms with Gasteiger partial charge in [-0.1, -0.05) is 23.7 Å². The minimum atomic E-state index is -0.400. The van der Waals surface area contributed by atoms with E-state index >= 15 is 0 Å². The third-order valence-corrected chi connectivity index (χ3v) is 4.92. The molecule has 2 atom stereocenters. The van der Waals surface area contributed by atoms with Crippen molar-refractivity contribution in [2.75, 3.05) is 26.3 Å². The van der Waals surface area contributed by atoms with Crippen molar-refractivity contribution in [1.82, 2.24) is 9.88 Å². The van der Waals surface area contributed by atoms with Crippen molar-refractivity contribution in [3.63, 3.8) is 0 Å². The SMILES string of the molecule is CC1CN(C(=O)c2coc(-c3ccccc3Cl)n2)CC2(CCOC2)O1. The van der Waals surface area contributed by atoms with Crippen molar-refractivity contribution in [2.24, 2.45) is 0 Å². The van der Waals surface area contributed by atoms with Crippen molar-refractivity contribution in [3.8, 4) is 11.5 Å². The van der Waals surface area contributed by atoms with Gasteiger partial charge in [0, 0.05) is 19.6 Å². The molecule has 4 rings (SSSR count). The summed E-state index contributed by atoms with van der Waals surface area (Å²) in [6.45, 7) is 4.18. The monoisotopic (exact) mass is 362 g/mol. The zero-order valence-electron chi connectivity index (χ0n) is 13.9. The highest BCUT2D eigenvalue weighted by molar-refractivity contribution is 6.33. The Morgan fingerprint density at radius 1 is 1.40 bits per heavy atom.